The second-order valence-corrected chi connectivity index (χ2v) is 8.93. The van der Waals surface area contributed by atoms with Crippen molar-refractivity contribution in [3.8, 4) is 11.5 Å². The van der Waals surface area contributed by atoms with Gasteiger partial charge in [0.05, 0.1) is 14.2 Å². The third-order valence-electron chi connectivity index (χ3n) is 7.33. The number of fused-ring (bicyclic) bond motifs is 1. The first-order chi connectivity index (χ1) is 15.4. The number of rotatable bonds is 5. The molecule has 1 heterocycles. The number of amides is 2. The van der Waals surface area contributed by atoms with Gasteiger partial charge in [-0.25, -0.2) is 9.18 Å². The number of carbonyl (C=O) groups is 1. The van der Waals surface area contributed by atoms with Gasteiger partial charge in [0.15, 0.2) is 11.5 Å². The highest BCUT2D eigenvalue weighted by molar-refractivity contribution is 5.91. The molecule has 2 fully saturated rings. The smallest absolute Gasteiger partial charge is 0.321 e. The second-order valence-electron chi connectivity index (χ2n) is 8.93. The molecule has 3 atom stereocenters. The molecule has 172 valence electrons. The van der Waals surface area contributed by atoms with E-state index in [1.165, 1.54) is 22.6 Å². The number of anilines is 1. The highest BCUT2D eigenvalue weighted by Crippen LogP contribution is 2.49. The van der Waals surface area contributed by atoms with Crippen molar-refractivity contribution < 1.29 is 18.7 Å². The summed E-state index contributed by atoms with van der Waals surface area (Å²) in [7, 11) is 7.20. The lowest BCUT2D eigenvalue weighted by Crippen LogP contribution is -2.53. The summed E-state index contributed by atoms with van der Waals surface area (Å²) in [5.41, 5.74) is 1.98. The van der Waals surface area contributed by atoms with Gasteiger partial charge in [0.25, 0.3) is 0 Å². The molecule has 2 aromatic rings. The Morgan fingerprint density at radius 3 is 2.53 bits per heavy atom. The van der Waals surface area contributed by atoms with Crippen LogP contribution < -0.4 is 19.7 Å². The van der Waals surface area contributed by atoms with Crippen LogP contribution in [0, 0.1) is 5.82 Å². The number of hydrogen-bond acceptors (Lipinski definition) is 4. The number of ether oxygens (including phenoxy) is 2. The lowest BCUT2D eigenvalue weighted by Gasteiger charge is -2.45. The molecule has 2 aromatic carbocycles. The summed E-state index contributed by atoms with van der Waals surface area (Å²) in [5.74, 6) is 1.18. The standard InChI is InChI=1S/C25H32FN3O3/c1-28-14-13-25(17-5-10-21(31-3)22(15-17)32-4)12-11-19(16-23(25)28)27-24(30)29(2)20-8-6-18(26)7-9-20/h5-10,15,19,23H,11-14,16H2,1-4H3,(H,27,30)/t19-,23+,25+/m1/s1. The van der Waals surface area contributed by atoms with Gasteiger partial charge in [-0.1, -0.05) is 6.07 Å². The number of hydrogen-bond donors (Lipinski definition) is 1. The second kappa shape index (κ2) is 8.98. The maximum atomic E-state index is 13.2. The minimum atomic E-state index is -0.314. The van der Waals surface area contributed by atoms with E-state index in [0.29, 0.717) is 11.7 Å². The number of methoxy groups -OCH3 is 2. The SMILES string of the molecule is COc1ccc([C@@]23CC[C@@H](NC(=O)N(C)c4ccc(F)cc4)C[C@@H]2N(C)CC3)cc1OC. The molecule has 1 N–H and O–H groups in total. The molecule has 1 aliphatic heterocycles. The number of urea groups is 1. The third kappa shape index (κ3) is 4.01. The molecule has 0 aromatic heterocycles. The fourth-order valence-electron chi connectivity index (χ4n) is 5.45. The van der Waals surface area contributed by atoms with Gasteiger partial charge >= 0.3 is 6.03 Å². The molecule has 7 heteroatoms. The van der Waals surface area contributed by atoms with Gasteiger partial charge in [0.2, 0.25) is 0 Å². The third-order valence-corrected chi connectivity index (χ3v) is 7.33. The predicted molar refractivity (Wildman–Crippen MR) is 123 cm³/mol. The highest BCUT2D eigenvalue weighted by Gasteiger charge is 2.50. The Labute approximate surface area is 189 Å². The minimum Gasteiger partial charge on any atom is -0.493 e. The number of benzene rings is 2. The molecule has 6 nitrogen and oxygen atoms in total. The van der Waals surface area contributed by atoms with Crippen molar-refractivity contribution in [2.75, 3.05) is 39.8 Å². The Kier molecular flexibility index (Phi) is 6.29. The van der Waals surface area contributed by atoms with Crippen LogP contribution in [-0.4, -0.2) is 57.9 Å². The Hall–Kier alpha value is -2.80. The molecule has 2 amide bonds. The van der Waals surface area contributed by atoms with Crippen molar-refractivity contribution in [3.63, 3.8) is 0 Å². The summed E-state index contributed by atoms with van der Waals surface area (Å²) < 4.78 is 24.2. The number of likely N-dealkylation sites (N-methyl/N-ethyl adjacent to an activating group) is 1. The molecule has 2 aliphatic rings. The van der Waals surface area contributed by atoms with Gasteiger partial charge in [-0.2, -0.15) is 0 Å². The minimum absolute atomic E-state index is 0.0401. The normalized spacial score (nSPS) is 25.2. The Bertz CT molecular complexity index is 967. The van der Waals surface area contributed by atoms with Crippen LogP contribution in [-0.2, 0) is 5.41 Å². The summed E-state index contributed by atoms with van der Waals surface area (Å²) in [6.07, 6.45) is 3.86. The van der Waals surface area contributed by atoms with Crippen LogP contribution >= 0.6 is 0 Å². The molecule has 32 heavy (non-hydrogen) atoms. The van der Waals surface area contributed by atoms with E-state index in [1.807, 2.05) is 6.07 Å². The van der Waals surface area contributed by atoms with Crippen LogP contribution in [0.2, 0.25) is 0 Å². The van der Waals surface area contributed by atoms with Crippen LogP contribution in [0.25, 0.3) is 0 Å². The summed E-state index contributed by atoms with van der Waals surface area (Å²) in [6, 6.07) is 12.5. The maximum Gasteiger partial charge on any atom is 0.321 e. The van der Waals surface area contributed by atoms with E-state index in [4.69, 9.17) is 9.47 Å². The van der Waals surface area contributed by atoms with Crippen LogP contribution in [0.4, 0.5) is 14.9 Å². The molecule has 0 unspecified atom stereocenters. The fourth-order valence-corrected chi connectivity index (χ4v) is 5.45. The first kappa shape index (κ1) is 22.4. The summed E-state index contributed by atoms with van der Waals surface area (Å²) >= 11 is 0. The van der Waals surface area contributed by atoms with Crippen molar-refractivity contribution in [1.82, 2.24) is 10.2 Å². The van der Waals surface area contributed by atoms with E-state index in [1.54, 1.807) is 33.4 Å². The van der Waals surface area contributed by atoms with Crippen LogP contribution in [0.5, 0.6) is 11.5 Å². The lowest BCUT2D eigenvalue weighted by molar-refractivity contribution is 0.155. The highest BCUT2D eigenvalue weighted by atomic mass is 19.1. The quantitative estimate of drug-likeness (QED) is 0.756. The lowest BCUT2D eigenvalue weighted by atomic mass is 9.65. The largest absolute Gasteiger partial charge is 0.493 e. The van der Waals surface area contributed by atoms with E-state index < -0.39 is 0 Å². The van der Waals surface area contributed by atoms with Crippen LogP contribution in [0.3, 0.4) is 0 Å². The number of carbonyl (C=O) groups excluding carboxylic acids is 1. The van der Waals surface area contributed by atoms with Crippen LogP contribution in [0.1, 0.15) is 31.2 Å². The van der Waals surface area contributed by atoms with Crippen molar-refractivity contribution in [1.29, 1.82) is 0 Å². The fraction of sp³-hybridized carbons (Fsp3) is 0.480. The Morgan fingerprint density at radius 2 is 1.84 bits per heavy atom. The van der Waals surface area contributed by atoms with Crippen molar-refractivity contribution in [2.24, 2.45) is 0 Å². The number of halogens is 1. The molecule has 1 saturated carbocycles. The topological polar surface area (TPSA) is 54.0 Å². The van der Waals surface area contributed by atoms with Gasteiger partial charge in [-0.05, 0) is 81.2 Å². The summed E-state index contributed by atoms with van der Waals surface area (Å²) in [4.78, 5) is 16.8. The van der Waals surface area contributed by atoms with Gasteiger partial charge in [-0.15, -0.1) is 0 Å². The van der Waals surface area contributed by atoms with E-state index in [0.717, 1.165) is 43.7 Å². The van der Waals surface area contributed by atoms with Gasteiger partial charge in [-0.3, -0.25) is 4.90 Å². The molecule has 0 radical (unpaired) electrons. The average molecular weight is 442 g/mol. The monoisotopic (exact) mass is 441 g/mol. The van der Waals surface area contributed by atoms with Gasteiger partial charge in [0, 0.05) is 30.2 Å². The van der Waals surface area contributed by atoms with Crippen molar-refractivity contribution >= 4 is 11.7 Å². The van der Waals surface area contributed by atoms with Crippen molar-refractivity contribution in [3.05, 3.63) is 53.8 Å². The molecule has 0 spiro atoms. The zero-order chi connectivity index (χ0) is 22.9. The van der Waals surface area contributed by atoms with E-state index in [-0.39, 0.29) is 23.3 Å². The van der Waals surface area contributed by atoms with E-state index in [2.05, 4.69) is 29.4 Å². The van der Waals surface area contributed by atoms with Crippen molar-refractivity contribution in [2.45, 2.75) is 43.2 Å². The maximum absolute atomic E-state index is 13.2. The average Bonchev–Trinajstić information content (AvgIpc) is 3.15. The number of nitrogens with one attached hydrogen (secondary N) is 1. The van der Waals surface area contributed by atoms with Gasteiger partial charge < -0.3 is 19.7 Å². The van der Waals surface area contributed by atoms with Gasteiger partial charge in [0.1, 0.15) is 5.82 Å². The Morgan fingerprint density at radius 1 is 1.12 bits per heavy atom. The molecule has 4 rings (SSSR count). The molecular formula is C25H32FN3O3. The zero-order valence-electron chi connectivity index (χ0n) is 19.2. The Balaban J connectivity index is 1.50. The predicted octanol–water partition coefficient (Wildman–Crippen LogP) is 4.18. The van der Waals surface area contributed by atoms with E-state index >= 15 is 0 Å². The molecular weight excluding hydrogens is 409 g/mol. The zero-order valence-corrected chi connectivity index (χ0v) is 19.2. The van der Waals surface area contributed by atoms with Crippen LogP contribution in [0.15, 0.2) is 42.5 Å². The van der Waals surface area contributed by atoms with E-state index in [9.17, 15) is 9.18 Å². The molecule has 1 aliphatic carbocycles. The molecule has 1 saturated heterocycles. The number of likely N-dealkylation sites (tertiary alicyclic amines) is 1. The summed E-state index contributed by atoms with van der Waals surface area (Å²) in [6.45, 7) is 1.02. The molecule has 0 bridgehead atoms. The first-order valence-electron chi connectivity index (χ1n) is 11.1. The first-order valence-corrected chi connectivity index (χ1v) is 11.1. The number of nitrogens with zero attached hydrogens (tertiary/aromatic N) is 2. The summed E-state index contributed by atoms with van der Waals surface area (Å²) in [5, 5.41) is 3.20.